The molecule has 0 radical (unpaired) electrons. The molecule has 1 aliphatic heterocycles. The number of amides is 1. The van der Waals surface area contributed by atoms with Crippen molar-refractivity contribution in [3.05, 3.63) is 69.6 Å². The molecule has 8 heteroatoms. The van der Waals surface area contributed by atoms with Crippen molar-refractivity contribution in [2.45, 2.75) is 13.0 Å². The number of rotatable bonds is 5. The molecule has 1 aromatic heterocycles. The van der Waals surface area contributed by atoms with Gasteiger partial charge in [-0.05, 0) is 43.3 Å². The number of primary amides is 1. The molecule has 1 atom stereocenters. The van der Waals surface area contributed by atoms with Crippen molar-refractivity contribution in [3.8, 4) is 0 Å². The lowest BCUT2D eigenvalue weighted by molar-refractivity contribution is 0.1000. The van der Waals surface area contributed by atoms with Crippen LogP contribution in [0, 0.1) is 5.82 Å². The highest BCUT2D eigenvalue weighted by Crippen LogP contribution is 2.33. The van der Waals surface area contributed by atoms with Gasteiger partial charge in [0, 0.05) is 43.0 Å². The molecule has 2 aromatic carbocycles. The zero-order valence-corrected chi connectivity index (χ0v) is 17.4. The Morgan fingerprint density at radius 2 is 1.84 bits per heavy atom. The lowest BCUT2D eigenvalue weighted by Gasteiger charge is -2.29. The van der Waals surface area contributed by atoms with E-state index in [0.29, 0.717) is 48.7 Å². The van der Waals surface area contributed by atoms with E-state index in [1.54, 1.807) is 18.2 Å². The maximum atomic E-state index is 13.4. The number of ether oxygens (including phenoxy) is 1. The highest BCUT2D eigenvalue weighted by Gasteiger charge is 2.23. The number of halogens is 1. The lowest BCUT2D eigenvalue weighted by atomic mass is 9.99. The quantitative estimate of drug-likeness (QED) is 0.676. The maximum absolute atomic E-state index is 13.4. The van der Waals surface area contributed by atoms with E-state index >= 15 is 0 Å². The van der Waals surface area contributed by atoms with Crippen molar-refractivity contribution in [3.63, 3.8) is 0 Å². The monoisotopic (exact) mass is 425 g/mol. The number of fused-ring (bicyclic) bond motifs is 1. The molecule has 1 unspecified atom stereocenters. The molecular formula is C23H24FN3O4. The summed E-state index contributed by atoms with van der Waals surface area (Å²) in [5.41, 5.74) is 7.33. The Morgan fingerprint density at radius 3 is 2.48 bits per heavy atom. The van der Waals surface area contributed by atoms with Crippen molar-refractivity contribution < 1.29 is 18.3 Å². The summed E-state index contributed by atoms with van der Waals surface area (Å²) in [6.45, 7) is 4.27. The van der Waals surface area contributed by atoms with Gasteiger partial charge >= 0.3 is 0 Å². The highest BCUT2D eigenvalue weighted by atomic mass is 19.1. The number of nitrogens with zero attached hydrogens (tertiary/aromatic N) is 2. The van der Waals surface area contributed by atoms with Gasteiger partial charge in [-0.15, -0.1) is 0 Å². The first kappa shape index (κ1) is 20.9. The van der Waals surface area contributed by atoms with Crippen LogP contribution in [0.25, 0.3) is 11.0 Å². The molecule has 31 heavy (non-hydrogen) atoms. The van der Waals surface area contributed by atoms with Gasteiger partial charge in [0.25, 0.3) is 0 Å². The maximum Gasteiger partial charge on any atom is 0.248 e. The molecule has 1 aliphatic rings. The number of hydrogen-bond donors (Lipinski definition) is 1. The van der Waals surface area contributed by atoms with Gasteiger partial charge in [0.05, 0.1) is 24.6 Å². The molecule has 1 fully saturated rings. The number of morpholine rings is 1. The molecule has 1 saturated heterocycles. The molecular weight excluding hydrogens is 401 g/mol. The largest absolute Gasteiger partial charge is 0.440 e. The van der Waals surface area contributed by atoms with Crippen LogP contribution in [0.4, 0.5) is 16.0 Å². The number of hydrogen-bond acceptors (Lipinski definition) is 6. The van der Waals surface area contributed by atoms with Crippen molar-refractivity contribution in [2.75, 3.05) is 43.2 Å². The van der Waals surface area contributed by atoms with Crippen molar-refractivity contribution >= 4 is 28.4 Å². The molecule has 7 nitrogen and oxygen atoms in total. The summed E-state index contributed by atoms with van der Waals surface area (Å²) in [5.74, 6) is -0.492. The van der Waals surface area contributed by atoms with E-state index in [0.717, 1.165) is 5.69 Å². The zero-order valence-electron chi connectivity index (χ0n) is 17.4. The molecule has 162 valence electrons. The lowest BCUT2D eigenvalue weighted by Crippen LogP contribution is -2.36. The van der Waals surface area contributed by atoms with Crippen LogP contribution >= 0.6 is 0 Å². The van der Waals surface area contributed by atoms with Gasteiger partial charge in [0.15, 0.2) is 11.3 Å². The van der Waals surface area contributed by atoms with Gasteiger partial charge in [0.1, 0.15) is 11.4 Å². The molecule has 3 aromatic rings. The van der Waals surface area contributed by atoms with Crippen molar-refractivity contribution in [1.29, 1.82) is 0 Å². The molecule has 2 N–H and O–H groups in total. The van der Waals surface area contributed by atoms with Crippen LogP contribution in [0.2, 0.25) is 0 Å². The fourth-order valence-electron chi connectivity index (χ4n) is 3.77. The summed E-state index contributed by atoms with van der Waals surface area (Å²) in [7, 11) is 1.85. The number of benzene rings is 2. The topological polar surface area (TPSA) is 89.0 Å². The summed E-state index contributed by atoms with van der Waals surface area (Å²) in [6.07, 6.45) is 0. The zero-order chi connectivity index (χ0) is 22.1. The van der Waals surface area contributed by atoms with Crippen LogP contribution in [-0.4, -0.2) is 39.3 Å². The Labute approximate surface area is 178 Å². The second kappa shape index (κ2) is 8.39. The fraction of sp³-hybridized carbons (Fsp3) is 0.304. The Bertz CT molecular complexity index is 1170. The third-order valence-electron chi connectivity index (χ3n) is 5.72. The Kier molecular flexibility index (Phi) is 5.65. The van der Waals surface area contributed by atoms with E-state index in [1.165, 1.54) is 24.3 Å². The normalized spacial score (nSPS) is 15.1. The van der Waals surface area contributed by atoms with Crippen molar-refractivity contribution in [1.82, 2.24) is 0 Å². The first-order chi connectivity index (χ1) is 14.8. The standard InChI is InChI=1S/C23H24FN3O4/c1-14(26(2)17-5-3-16(24)4-6-17)18-11-15(23(25)29)12-19-20(28)13-21(31-22(18)19)27-7-9-30-10-8-27/h3-6,11-14H,7-10H2,1-2H3,(H2,25,29). The van der Waals surface area contributed by atoms with Crippen LogP contribution in [0.5, 0.6) is 0 Å². The fourth-order valence-corrected chi connectivity index (χ4v) is 3.77. The predicted molar refractivity (Wildman–Crippen MR) is 117 cm³/mol. The second-order valence-electron chi connectivity index (χ2n) is 7.62. The smallest absolute Gasteiger partial charge is 0.248 e. The number of carbonyl (C=O) groups excluding carboxylic acids is 1. The SMILES string of the molecule is CC(c1cc(C(N)=O)cc2c(=O)cc(N3CCOCC3)oc12)N(C)c1ccc(F)cc1. The number of carbonyl (C=O) groups is 1. The van der Waals surface area contributed by atoms with E-state index in [9.17, 15) is 14.0 Å². The molecule has 0 saturated carbocycles. The molecule has 1 amide bonds. The van der Waals surface area contributed by atoms with Gasteiger partial charge in [-0.2, -0.15) is 0 Å². The van der Waals surface area contributed by atoms with Crippen molar-refractivity contribution in [2.24, 2.45) is 5.73 Å². The van der Waals surface area contributed by atoms with Crippen LogP contribution in [0.3, 0.4) is 0 Å². The van der Waals surface area contributed by atoms with Gasteiger partial charge in [-0.3, -0.25) is 9.59 Å². The first-order valence-electron chi connectivity index (χ1n) is 10.1. The Hall–Kier alpha value is -3.39. The van der Waals surface area contributed by atoms with E-state index in [2.05, 4.69) is 0 Å². The Morgan fingerprint density at radius 1 is 1.16 bits per heavy atom. The summed E-state index contributed by atoms with van der Waals surface area (Å²) in [4.78, 5) is 28.8. The summed E-state index contributed by atoms with van der Waals surface area (Å²) in [6, 6.07) is 10.4. The number of anilines is 2. The van der Waals surface area contributed by atoms with Crippen LogP contribution < -0.4 is 21.0 Å². The van der Waals surface area contributed by atoms with E-state index < -0.39 is 5.91 Å². The minimum Gasteiger partial charge on any atom is -0.440 e. The van der Waals surface area contributed by atoms with Crippen LogP contribution in [0.15, 0.2) is 51.7 Å². The average molecular weight is 425 g/mol. The minimum atomic E-state index is -0.628. The van der Waals surface area contributed by atoms with E-state index in [-0.39, 0.29) is 22.9 Å². The average Bonchev–Trinajstić information content (AvgIpc) is 2.78. The predicted octanol–water partition coefficient (Wildman–Crippen LogP) is 3.07. The minimum absolute atomic E-state index is 0.230. The molecule has 0 bridgehead atoms. The van der Waals surface area contributed by atoms with Gasteiger partial charge < -0.3 is 24.7 Å². The molecule has 0 aliphatic carbocycles. The summed E-state index contributed by atoms with van der Waals surface area (Å²) in [5, 5.41) is 0.294. The van der Waals surface area contributed by atoms with Gasteiger partial charge in [0.2, 0.25) is 5.91 Å². The molecule has 4 rings (SSSR count). The van der Waals surface area contributed by atoms with Crippen LogP contribution in [0.1, 0.15) is 28.9 Å². The summed E-state index contributed by atoms with van der Waals surface area (Å²) >= 11 is 0. The highest BCUT2D eigenvalue weighted by molar-refractivity contribution is 5.98. The number of nitrogens with two attached hydrogens (primary N) is 1. The molecule has 0 spiro atoms. The third kappa shape index (κ3) is 4.11. The second-order valence-corrected chi connectivity index (χ2v) is 7.62. The molecule has 2 heterocycles. The van der Waals surface area contributed by atoms with Crippen LogP contribution in [-0.2, 0) is 4.74 Å². The van der Waals surface area contributed by atoms with Gasteiger partial charge in [-0.25, -0.2) is 4.39 Å². The van der Waals surface area contributed by atoms with E-state index in [4.69, 9.17) is 14.9 Å². The van der Waals surface area contributed by atoms with Gasteiger partial charge in [-0.1, -0.05) is 0 Å². The first-order valence-corrected chi connectivity index (χ1v) is 10.1. The third-order valence-corrected chi connectivity index (χ3v) is 5.72. The Balaban J connectivity index is 1.86. The van der Waals surface area contributed by atoms with E-state index in [1.807, 2.05) is 23.8 Å². The summed E-state index contributed by atoms with van der Waals surface area (Å²) < 4.78 is 24.9.